The maximum Gasteiger partial charge on any atom is 0.236 e. The number of aromatic nitrogens is 3. The molecule has 24 heavy (non-hydrogen) atoms. The van der Waals surface area contributed by atoms with Crippen LogP contribution in [0.3, 0.4) is 0 Å². The van der Waals surface area contributed by atoms with Crippen LogP contribution >= 0.6 is 11.8 Å². The predicted octanol–water partition coefficient (Wildman–Crippen LogP) is 2.13. The van der Waals surface area contributed by atoms with Crippen LogP contribution in [0.15, 0.2) is 41.8 Å². The van der Waals surface area contributed by atoms with Crippen molar-refractivity contribution in [3.63, 3.8) is 0 Å². The molecular formula is C17H23N5OS. The summed E-state index contributed by atoms with van der Waals surface area (Å²) in [6.45, 7) is 8.08. The molecule has 0 aliphatic carbocycles. The van der Waals surface area contributed by atoms with Gasteiger partial charge in [-0.15, -0.1) is 10.2 Å². The first-order valence-electron chi connectivity index (χ1n) is 8.32. The number of anilines is 1. The number of nitrogens with zero attached hydrogens (tertiary/aromatic N) is 5. The van der Waals surface area contributed by atoms with E-state index in [0.29, 0.717) is 0 Å². The maximum atomic E-state index is 12.7. The molecule has 6 nitrogen and oxygen atoms in total. The minimum Gasteiger partial charge on any atom is -0.368 e. The number of thioether (sulfide) groups is 1. The number of amides is 1. The summed E-state index contributed by atoms with van der Waals surface area (Å²) in [5.74, 6) is 0.179. The Labute approximate surface area is 146 Å². The molecule has 0 unspecified atom stereocenters. The van der Waals surface area contributed by atoms with Crippen LogP contribution in [0.1, 0.15) is 13.8 Å². The van der Waals surface area contributed by atoms with E-state index in [0.717, 1.165) is 37.9 Å². The molecule has 3 rings (SSSR count). The zero-order valence-corrected chi connectivity index (χ0v) is 14.9. The number of aryl methyl sites for hydroxylation is 1. The van der Waals surface area contributed by atoms with Gasteiger partial charge in [0.05, 0.1) is 5.25 Å². The summed E-state index contributed by atoms with van der Waals surface area (Å²) in [5, 5.41) is 8.68. The van der Waals surface area contributed by atoms with Crippen LogP contribution in [0.25, 0.3) is 0 Å². The summed E-state index contributed by atoms with van der Waals surface area (Å²) in [5.41, 5.74) is 1.23. The lowest BCUT2D eigenvalue weighted by molar-refractivity contribution is -0.130. The standard InChI is InChI=1S/C17H23N5OS/c1-3-20-13-18-19-17(20)24-14(2)16(23)22-11-9-21(10-12-22)15-7-5-4-6-8-15/h4-8,13-14H,3,9-12H2,1-2H3/t14-/m0/s1. The van der Waals surface area contributed by atoms with E-state index in [2.05, 4.69) is 39.4 Å². The average molecular weight is 345 g/mol. The molecule has 0 bridgehead atoms. The number of benzene rings is 1. The summed E-state index contributed by atoms with van der Waals surface area (Å²) < 4.78 is 1.96. The molecular weight excluding hydrogens is 322 g/mol. The Hall–Kier alpha value is -2.02. The molecule has 0 radical (unpaired) electrons. The molecule has 1 aromatic carbocycles. The zero-order valence-electron chi connectivity index (χ0n) is 14.1. The molecule has 128 valence electrons. The summed E-state index contributed by atoms with van der Waals surface area (Å²) in [7, 11) is 0. The molecule has 2 heterocycles. The lowest BCUT2D eigenvalue weighted by Gasteiger charge is -2.37. The Kier molecular flexibility index (Phi) is 5.40. The molecule has 1 fully saturated rings. The lowest BCUT2D eigenvalue weighted by atomic mass is 10.2. The minimum absolute atomic E-state index is 0.150. The third-order valence-corrected chi connectivity index (χ3v) is 5.35. The van der Waals surface area contributed by atoms with E-state index in [-0.39, 0.29) is 11.2 Å². The lowest BCUT2D eigenvalue weighted by Crippen LogP contribution is -2.50. The van der Waals surface area contributed by atoms with E-state index in [4.69, 9.17) is 0 Å². The van der Waals surface area contributed by atoms with Gasteiger partial charge < -0.3 is 14.4 Å². The third kappa shape index (κ3) is 3.72. The largest absolute Gasteiger partial charge is 0.368 e. The highest BCUT2D eigenvalue weighted by Gasteiger charge is 2.26. The van der Waals surface area contributed by atoms with Crippen LogP contribution in [0.5, 0.6) is 0 Å². The molecule has 2 aromatic rings. The van der Waals surface area contributed by atoms with E-state index < -0.39 is 0 Å². The minimum atomic E-state index is -0.150. The SMILES string of the molecule is CCn1cnnc1S[C@@H](C)C(=O)N1CCN(c2ccccc2)CC1. The van der Waals surface area contributed by atoms with Crippen molar-refractivity contribution in [3.8, 4) is 0 Å². The van der Waals surface area contributed by atoms with Gasteiger partial charge in [-0.05, 0) is 26.0 Å². The van der Waals surface area contributed by atoms with Crippen LogP contribution in [0.2, 0.25) is 0 Å². The van der Waals surface area contributed by atoms with Gasteiger partial charge in [0, 0.05) is 38.4 Å². The fourth-order valence-corrected chi connectivity index (χ4v) is 3.81. The number of carbonyl (C=O) groups is 1. The van der Waals surface area contributed by atoms with Crippen LogP contribution in [-0.4, -0.2) is 57.0 Å². The molecule has 7 heteroatoms. The first-order chi connectivity index (χ1) is 11.7. The van der Waals surface area contributed by atoms with Crippen molar-refractivity contribution >= 4 is 23.4 Å². The van der Waals surface area contributed by atoms with Crippen molar-refractivity contribution < 1.29 is 4.79 Å². The van der Waals surface area contributed by atoms with Crippen LogP contribution < -0.4 is 4.90 Å². The number of carbonyl (C=O) groups excluding carboxylic acids is 1. The van der Waals surface area contributed by atoms with Crippen molar-refractivity contribution in [1.82, 2.24) is 19.7 Å². The number of hydrogen-bond acceptors (Lipinski definition) is 5. The number of hydrogen-bond donors (Lipinski definition) is 0. The number of rotatable bonds is 5. The smallest absolute Gasteiger partial charge is 0.236 e. The Morgan fingerprint density at radius 3 is 2.58 bits per heavy atom. The molecule has 1 aliphatic heterocycles. The zero-order chi connectivity index (χ0) is 16.9. The second-order valence-electron chi connectivity index (χ2n) is 5.81. The Bertz CT molecular complexity index is 667. The van der Waals surface area contributed by atoms with E-state index in [1.807, 2.05) is 29.4 Å². The average Bonchev–Trinajstić information content (AvgIpc) is 3.09. The molecule has 0 spiro atoms. The van der Waals surface area contributed by atoms with Crippen LogP contribution in [0, 0.1) is 0 Å². The highest BCUT2D eigenvalue weighted by molar-refractivity contribution is 8.00. The molecule has 1 atom stereocenters. The second-order valence-corrected chi connectivity index (χ2v) is 7.12. The van der Waals surface area contributed by atoms with Crippen molar-refractivity contribution in [3.05, 3.63) is 36.7 Å². The van der Waals surface area contributed by atoms with Crippen molar-refractivity contribution in [2.45, 2.75) is 30.8 Å². The first-order valence-corrected chi connectivity index (χ1v) is 9.20. The van der Waals surface area contributed by atoms with Gasteiger partial charge in [0.1, 0.15) is 6.33 Å². The van der Waals surface area contributed by atoms with Gasteiger partial charge in [0.15, 0.2) is 5.16 Å². The van der Waals surface area contributed by atoms with Crippen LogP contribution in [-0.2, 0) is 11.3 Å². The topological polar surface area (TPSA) is 54.3 Å². The van der Waals surface area contributed by atoms with E-state index in [1.165, 1.54) is 17.4 Å². The molecule has 1 aromatic heterocycles. The second kappa shape index (κ2) is 7.70. The molecule has 0 saturated carbocycles. The van der Waals surface area contributed by atoms with Gasteiger partial charge in [-0.1, -0.05) is 30.0 Å². The van der Waals surface area contributed by atoms with E-state index >= 15 is 0 Å². The van der Waals surface area contributed by atoms with Gasteiger partial charge in [-0.3, -0.25) is 4.79 Å². The highest BCUT2D eigenvalue weighted by Crippen LogP contribution is 2.23. The number of piperazine rings is 1. The normalized spacial score (nSPS) is 16.2. The molecule has 1 amide bonds. The van der Waals surface area contributed by atoms with E-state index in [9.17, 15) is 4.79 Å². The molecule has 0 N–H and O–H groups in total. The van der Waals surface area contributed by atoms with Crippen molar-refractivity contribution in [2.75, 3.05) is 31.1 Å². The van der Waals surface area contributed by atoms with Gasteiger partial charge in [-0.2, -0.15) is 0 Å². The summed E-state index contributed by atoms with van der Waals surface area (Å²) in [6, 6.07) is 10.4. The maximum absolute atomic E-state index is 12.7. The van der Waals surface area contributed by atoms with Gasteiger partial charge in [0.25, 0.3) is 0 Å². The summed E-state index contributed by atoms with van der Waals surface area (Å²) >= 11 is 1.48. The highest BCUT2D eigenvalue weighted by atomic mass is 32.2. The van der Waals surface area contributed by atoms with E-state index in [1.54, 1.807) is 6.33 Å². The first kappa shape index (κ1) is 16.8. The van der Waals surface area contributed by atoms with Gasteiger partial charge in [0.2, 0.25) is 5.91 Å². The van der Waals surface area contributed by atoms with Crippen molar-refractivity contribution in [1.29, 1.82) is 0 Å². The fraction of sp³-hybridized carbons (Fsp3) is 0.471. The van der Waals surface area contributed by atoms with Gasteiger partial charge in [-0.25, -0.2) is 0 Å². The fourth-order valence-electron chi connectivity index (χ4n) is 2.84. The van der Waals surface area contributed by atoms with Crippen molar-refractivity contribution in [2.24, 2.45) is 0 Å². The van der Waals surface area contributed by atoms with Crippen LogP contribution in [0.4, 0.5) is 5.69 Å². The molecule has 1 aliphatic rings. The molecule has 1 saturated heterocycles. The summed E-state index contributed by atoms with van der Waals surface area (Å²) in [6.07, 6.45) is 1.71. The Balaban J connectivity index is 1.55. The summed E-state index contributed by atoms with van der Waals surface area (Å²) in [4.78, 5) is 17.0. The monoisotopic (exact) mass is 345 g/mol. The predicted molar refractivity (Wildman–Crippen MR) is 96.3 cm³/mol. The third-order valence-electron chi connectivity index (χ3n) is 4.26. The van der Waals surface area contributed by atoms with Gasteiger partial charge >= 0.3 is 0 Å². The number of para-hydroxylation sites is 1. The Morgan fingerprint density at radius 1 is 1.21 bits per heavy atom. The quantitative estimate of drug-likeness (QED) is 0.777. The Morgan fingerprint density at radius 2 is 1.92 bits per heavy atom.